The molecule has 1 aliphatic heterocycles. The minimum Gasteiger partial charge on any atom is -0.372 e. The van der Waals surface area contributed by atoms with Crippen molar-refractivity contribution in [2.45, 2.75) is 25.7 Å². The Balaban J connectivity index is 1.74. The van der Waals surface area contributed by atoms with Crippen LogP contribution in [0.4, 0.5) is 11.4 Å². The fourth-order valence-electron chi connectivity index (χ4n) is 3.82. The van der Waals surface area contributed by atoms with Gasteiger partial charge in [0.2, 0.25) is 0 Å². The van der Waals surface area contributed by atoms with Crippen molar-refractivity contribution in [3.63, 3.8) is 0 Å². The highest BCUT2D eigenvalue weighted by atomic mass is 32.2. The number of aryl methyl sites for hydroxylation is 1. The monoisotopic (exact) mass is 442 g/mol. The number of anilines is 2. The number of nitrogens with zero attached hydrogens (tertiary/aromatic N) is 2. The van der Waals surface area contributed by atoms with E-state index in [0.29, 0.717) is 16.2 Å². The van der Waals surface area contributed by atoms with E-state index >= 15 is 0 Å². The van der Waals surface area contributed by atoms with E-state index in [1.165, 1.54) is 16.7 Å². The van der Waals surface area contributed by atoms with Gasteiger partial charge in [0.1, 0.15) is 0 Å². The third kappa shape index (κ3) is 4.21. The summed E-state index contributed by atoms with van der Waals surface area (Å²) in [6.45, 7) is 8.01. The average molecular weight is 443 g/mol. The molecule has 3 aromatic rings. The van der Waals surface area contributed by atoms with Gasteiger partial charge in [0.25, 0.3) is 11.8 Å². The summed E-state index contributed by atoms with van der Waals surface area (Å²) in [4.78, 5) is 32.0. The van der Waals surface area contributed by atoms with Gasteiger partial charge in [-0.15, -0.1) is 0 Å². The highest BCUT2D eigenvalue weighted by molar-refractivity contribution is 8.04. The zero-order valence-corrected chi connectivity index (χ0v) is 19.4. The SMILES string of the molecule is CCN(CC)c1ccc(N2C(=O)C(Sc3ccccc3)=C(c3ccc(C)cc3)C2=O)cc1. The van der Waals surface area contributed by atoms with Gasteiger partial charge in [-0.2, -0.15) is 0 Å². The number of amides is 2. The first kappa shape index (κ1) is 21.9. The third-order valence-corrected chi connectivity index (χ3v) is 6.67. The summed E-state index contributed by atoms with van der Waals surface area (Å²) in [5, 5.41) is 0. The molecular formula is C27H26N2O2S. The summed E-state index contributed by atoms with van der Waals surface area (Å²) in [6.07, 6.45) is 0. The third-order valence-electron chi connectivity index (χ3n) is 5.58. The summed E-state index contributed by atoms with van der Waals surface area (Å²) < 4.78 is 0. The van der Waals surface area contributed by atoms with Crippen molar-refractivity contribution in [1.82, 2.24) is 0 Å². The van der Waals surface area contributed by atoms with Gasteiger partial charge in [0.15, 0.2) is 0 Å². The van der Waals surface area contributed by atoms with Crippen LogP contribution in [0.25, 0.3) is 5.57 Å². The molecule has 0 bridgehead atoms. The Labute approximate surface area is 193 Å². The largest absolute Gasteiger partial charge is 0.372 e. The van der Waals surface area contributed by atoms with Crippen LogP contribution in [-0.4, -0.2) is 24.9 Å². The Morgan fingerprint density at radius 2 is 1.41 bits per heavy atom. The summed E-state index contributed by atoms with van der Waals surface area (Å²) in [6, 6.07) is 25.1. The van der Waals surface area contributed by atoms with Crippen LogP contribution in [0.1, 0.15) is 25.0 Å². The van der Waals surface area contributed by atoms with Gasteiger partial charge in [-0.1, -0.05) is 59.8 Å². The van der Waals surface area contributed by atoms with Crippen molar-refractivity contribution >= 4 is 40.5 Å². The maximum atomic E-state index is 13.6. The quantitative estimate of drug-likeness (QED) is 0.426. The van der Waals surface area contributed by atoms with Gasteiger partial charge < -0.3 is 4.90 Å². The molecule has 0 aromatic heterocycles. The fraction of sp³-hybridized carbons (Fsp3) is 0.185. The van der Waals surface area contributed by atoms with Crippen LogP contribution in [-0.2, 0) is 9.59 Å². The maximum absolute atomic E-state index is 13.6. The number of hydrogen-bond acceptors (Lipinski definition) is 4. The Bertz CT molecular complexity index is 1150. The van der Waals surface area contributed by atoms with Gasteiger partial charge in [0, 0.05) is 23.7 Å². The van der Waals surface area contributed by atoms with E-state index in [9.17, 15) is 9.59 Å². The van der Waals surface area contributed by atoms with Crippen LogP contribution in [0.15, 0.2) is 88.7 Å². The van der Waals surface area contributed by atoms with E-state index in [4.69, 9.17) is 0 Å². The highest BCUT2D eigenvalue weighted by Gasteiger charge is 2.40. The molecule has 0 atom stereocenters. The molecule has 32 heavy (non-hydrogen) atoms. The molecule has 5 heteroatoms. The molecule has 0 unspecified atom stereocenters. The van der Waals surface area contributed by atoms with Crippen LogP contribution < -0.4 is 9.80 Å². The average Bonchev–Trinajstić information content (AvgIpc) is 3.06. The van der Waals surface area contributed by atoms with Gasteiger partial charge in [0.05, 0.1) is 16.2 Å². The Kier molecular flexibility index (Phi) is 6.47. The Morgan fingerprint density at radius 1 is 0.781 bits per heavy atom. The van der Waals surface area contributed by atoms with Crippen molar-refractivity contribution in [2.75, 3.05) is 22.9 Å². The zero-order valence-electron chi connectivity index (χ0n) is 18.5. The topological polar surface area (TPSA) is 40.6 Å². The van der Waals surface area contributed by atoms with Crippen LogP contribution in [0.2, 0.25) is 0 Å². The molecule has 0 saturated heterocycles. The molecule has 0 spiro atoms. The van der Waals surface area contributed by atoms with Gasteiger partial charge in [-0.25, -0.2) is 4.90 Å². The summed E-state index contributed by atoms with van der Waals surface area (Å²) >= 11 is 1.34. The molecule has 0 fully saturated rings. The minimum atomic E-state index is -0.284. The van der Waals surface area contributed by atoms with Gasteiger partial charge >= 0.3 is 0 Å². The Hall–Kier alpha value is -3.31. The molecule has 1 heterocycles. The summed E-state index contributed by atoms with van der Waals surface area (Å²) in [5.74, 6) is -0.567. The van der Waals surface area contributed by atoms with E-state index < -0.39 is 0 Å². The molecule has 162 valence electrons. The predicted octanol–water partition coefficient (Wildman–Crippen LogP) is 5.92. The lowest BCUT2D eigenvalue weighted by atomic mass is 10.0. The molecule has 0 radical (unpaired) electrons. The minimum absolute atomic E-state index is 0.282. The Morgan fingerprint density at radius 3 is 2.00 bits per heavy atom. The van der Waals surface area contributed by atoms with Crippen LogP contribution >= 0.6 is 11.8 Å². The zero-order chi connectivity index (χ0) is 22.7. The second kappa shape index (κ2) is 9.45. The van der Waals surface area contributed by atoms with E-state index in [-0.39, 0.29) is 11.8 Å². The molecular weight excluding hydrogens is 416 g/mol. The van der Waals surface area contributed by atoms with Crippen molar-refractivity contribution in [2.24, 2.45) is 0 Å². The molecule has 2 amide bonds. The predicted molar refractivity (Wildman–Crippen MR) is 133 cm³/mol. The van der Waals surface area contributed by atoms with Crippen molar-refractivity contribution in [1.29, 1.82) is 0 Å². The first-order valence-corrected chi connectivity index (χ1v) is 11.6. The molecule has 0 aliphatic carbocycles. The number of carbonyl (C=O) groups excluding carboxylic acids is 2. The molecule has 1 aliphatic rings. The van der Waals surface area contributed by atoms with Crippen molar-refractivity contribution in [3.8, 4) is 0 Å². The lowest BCUT2D eigenvalue weighted by molar-refractivity contribution is -0.119. The normalized spacial score (nSPS) is 13.8. The summed E-state index contributed by atoms with van der Waals surface area (Å²) in [5.41, 5.74) is 3.98. The standard InChI is InChI=1S/C27H26N2O2S/c1-4-28(5-2)21-15-17-22(18-16-21)29-26(30)24(20-13-11-19(3)12-14-20)25(27(29)31)32-23-9-7-6-8-10-23/h6-18H,4-5H2,1-3H3. The molecule has 3 aromatic carbocycles. The molecule has 4 rings (SSSR count). The van der Waals surface area contributed by atoms with Crippen LogP contribution in [0, 0.1) is 6.92 Å². The van der Waals surface area contributed by atoms with E-state index in [0.717, 1.165) is 34.8 Å². The number of hydrogen-bond donors (Lipinski definition) is 0. The molecule has 4 nitrogen and oxygen atoms in total. The van der Waals surface area contributed by atoms with Crippen molar-refractivity contribution < 1.29 is 9.59 Å². The lowest BCUT2D eigenvalue weighted by Gasteiger charge is -2.22. The van der Waals surface area contributed by atoms with Gasteiger partial charge in [-0.3, -0.25) is 9.59 Å². The lowest BCUT2D eigenvalue weighted by Crippen LogP contribution is -2.31. The first-order valence-electron chi connectivity index (χ1n) is 10.8. The second-order valence-corrected chi connectivity index (χ2v) is 8.70. The molecule has 0 N–H and O–H groups in total. The maximum Gasteiger partial charge on any atom is 0.272 e. The first-order chi connectivity index (χ1) is 15.5. The van der Waals surface area contributed by atoms with Gasteiger partial charge in [-0.05, 0) is 62.7 Å². The second-order valence-electron chi connectivity index (χ2n) is 7.62. The number of carbonyl (C=O) groups is 2. The number of rotatable bonds is 7. The van der Waals surface area contributed by atoms with E-state index in [1.54, 1.807) is 0 Å². The smallest absolute Gasteiger partial charge is 0.272 e. The summed E-state index contributed by atoms with van der Waals surface area (Å²) in [7, 11) is 0. The number of benzene rings is 3. The van der Waals surface area contributed by atoms with E-state index in [2.05, 4.69) is 18.7 Å². The highest BCUT2D eigenvalue weighted by Crippen LogP contribution is 2.41. The van der Waals surface area contributed by atoms with Crippen LogP contribution in [0.5, 0.6) is 0 Å². The van der Waals surface area contributed by atoms with Crippen LogP contribution in [0.3, 0.4) is 0 Å². The van der Waals surface area contributed by atoms with E-state index in [1.807, 2.05) is 85.8 Å². The number of thioether (sulfide) groups is 1. The molecule has 0 saturated carbocycles. The number of imide groups is 1. The van der Waals surface area contributed by atoms with Crippen molar-refractivity contribution in [3.05, 3.63) is 94.9 Å². The fourth-order valence-corrected chi connectivity index (χ4v) is 4.84.